The molecule has 24 heavy (non-hydrogen) atoms. The van der Waals surface area contributed by atoms with Gasteiger partial charge in [0.05, 0.1) is 34.9 Å². The van der Waals surface area contributed by atoms with E-state index in [-0.39, 0.29) is 16.4 Å². The van der Waals surface area contributed by atoms with Gasteiger partial charge in [-0.1, -0.05) is 0 Å². The lowest BCUT2D eigenvalue weighted by Crippen LogP contribution is -2.44. The summed E-state index contributed by atoms with van der Waals surface area (Å²) in [6.07, 6.45) is 0. The fourth-order valence-corrected chi connectivity index (χ4v) is 7.44. The van der Waals surface area contributed by atoms with Crippen LogP contribution in [-0.2, 0) is 24.4 Å². The quantitative estimate of drug-likeness (QED) is 0.649. The second-order valence-electron chi connectivity index (χ2n) is 5.62. The standard InChI is InChI=1S/C15H23NO6S2/c1-3-22-12-4-6-13(7-5-12)24(19,20)15-11-23(17,18)10-14(15)16-8-9-21-2/h4-7,14-16H,3,8-11H2,1-2H3. The van der Waals surface area contributed by atoms with E-state index in [1.807, 2.05) is 6.92 Å². The highest BCUT2D eigenvalue weighted by Crippen LogP contribution is 2.27. The molecule has 2 atom stereocenters. The number of benzene rings is 1. The van der Waals surface area contributed by atoms with Gasteiger partial charge in [0.25, 0.3) is 0 Å². The number of ether oxygens (including phenoxy) is 2. The second kappa shape index (κ2) is 7.81. The van der Waals surface area contributed by atoms with Crippen LogP contribution in [0.15, 0.2) is 29.2 Å². The number of hydrogen-bond acceptors (Lipinski definition) is 7. The highest BCUT2D eigenvalue weighted by atomic mass is 32.2. The molecule has 1 fully saturated rings. The van der Waals surface area contributed by atoms with Crippen molar-refractivity contribution in [1.82, 2.24) is 5.32 Å². The molecule has 1 N–H and O–H groups in total. The summed E-state index contributed by atoms with van der Waals surface area (Å²) in [4.78, 5) is 0.103. The van der Waals surface area contributed by atoms with Crippen LogP contribution >= 0.6 is 0 Å². The number of rotatable bonds is 8. The first-order valence-corrected chi connectivity index (χ1v) is 11.1. The van der Waals surface area contributed by atoms with Crippen molar-refractivity contribution in [3.63, 3.8) is 0 Å². The Labute approximate surface area is 143 Å². The SMILES string of the molecule is CCOc1ccc(S(=O)(=O)C2CS(=O)(=O)CC2NCCOC)cc1. The van der Waals surface area contributed by atoms with E-state index in [4.69, 9.17) is 9.47 Å². The van der Waals surface area contributed by atoms with E-state index in [0.717, 1.165) is 0 Å². The molecule has 2 unspecified atom stereocenters. The lowest BCUT2D eigenvalue weighted by atomic mass is 10.2. The summed E-state index contributed by atoms with van der Waals surface area (Å²) in [6, 6.07) is 5.43. The summed E-state index contributed by atoms with van der Waals surface area (Å²) in [5.41, 5.74) is 0. The monoisotopic (exact) mass is 377 g/mol. The molecule has 7 nitrogen and oxygen atoms in total. The van der Waals surface area contributed by atoms with Crippen LogP contribution in [0.2, 0.25) is 0 Å². The molecule has 1 saturated heterocycles. The Morgan fingerprint density at radius 2 is 1.88 bits per heavy atom. The highest BCUT2D eigenvalue weighted by Gasteiger charge is 2.45. The first-order valence-electron chi connectivity index (χ1n) is 7.69. The molecule has 0 spiro atoms. The molecule has 0 amide bonds. The van der Waals surface area contributed by atoms with E-state index in [1.54, 1.807) is 12.1 Å². The molecule has 0 saturated carbocycles. The van der Waals surface area contributed by atoms with Gasteiger partial charge < -0.3 is 14.8 Å². The summed E-state index contributed by atoms with van der Waals surface area (Å²) < 4.78 is 59.8. The molecule has 1 aromatic rings. The van der Waals surface area contributed by atoms with Gasteiger partial charge >= 0.3 is 0 Å². The van der Waals surface area contributed by atoms with Gasteiger partial charge in [0.1, 0.15) is 5.75 Å². The predicted octanol–water partition coefficient (Wildman–Crippen LogP) is 0.261. The Morgan fingerprint density at radius 3 is 2.46 bits per heavy atom. The van der Waals surface area contributed by atoms with Gasteiger partial charge in [0, 0.05) is 19.7 Å². The van der Waals surface area contributed by atoms with Crippen LogP contribution in [0.1, 0.15) is 6.92 Å². The zero-order chi connectivity index (χ0) is 17.8. The van der Waals surface area contributed by atoms with Crippen LogP contribution in [0.3, 0.4) is 0 Å². The zero-order valence-electron chi connectivity index (χ0n) is 13.8. The van der Waals surface area contributed by atoms with E-state index in [1.165, 1.54) is 19.2 Å². The molecule has 0 bridgehead atoms. The van der Waals surface area contributed by atoms with E-state index < -0.39 is 31.0 Å². The third kappa shape index (κ3) is 4.47. The van der Waals surface area contributed by atoms with Crippen molar-refractivity contribution in [2.45, 2.75) is 23.1 Å². The van der Waals surface area contributed by atoms with Crippen molar-refractivity contribution in [1.29, 1.82) is 0 Å². The number of nitrogens with one attached hydrogen (secondary N) is 1. The van der Waals surface area contributed by atoms with Gasteiger partial charge in [-0.2, -0.15) is 0 Å². The van der Waals surface area contributed by atoms with Crippen molar-refractivity contribution in [2.75, 3.05) is 38.4 Å². The van der Waals surface area contributed by atoms with Crippen LogP contribution in [-0.4, -0.2) is 66.5 Å². The number of methoxy groups -OCH3 is 1. The molecular formula is C15H23NO6S2. The lowest BCUT2D eigenvalue weighted by molar-refractivity contribution is 0.196. The summed E-state index contributed by atoms with van der Waals surface area (Å²) in [7, 11) is -5.63. The summed E-state index contributed by atoms with van der Waals surface area (Å²) in [5, 5.41) is 1.99. The molecular weight excluding hydrogens is 354 g/mol. The predicted molar refractivity (Wildman–Crippen MR) is 90.9 cm³/mol. The maximum absolute atomic E-state index is 12.9. The smallest absolute Gasteiger partial charge is 0.183 e. The van der Waals surface area contributed by atoms with Crippen molar-refractivity contribution < 1.29 is 26.3 Å². The molecule has 1 aromatic carbocycles. The minimum atomic E-state index is -3.77. The van der Waals surface area contributed by atoms with Gasteiger partial charge in [-0.05, 0) is 31.2 Å². The molecule has 0 aromatic heterocycles. The fourth-order valence-electron chi connectivity index (χ4n) is 2.72. The van der Waals surface area contributed by atoms with Gasteiger partial charge in [0.2, 0.25) is 0 Å². The van der Waals surface area contributed by atoms with Crippen LogP contribution in [0, 0.1) is 0 Å². The van der Waals surface area contributed by atoms with Crippen LogP contribution in [0.5, 0.6) is 5.75 Å². The van der Waals surface area contributed by atoms with Gasteiger partial charge in [-0.25, -0.2) is 16.8 Å². The van der Waals surface area contributed by atoms with Crippen molar-refractivity contribution in [3.05, 3.63) is 24.3 Å². The summed E-state index contributed by atoms with van der Waals surface area (Å²) >= 11 is 0. The third-order valence-corrected chi connectivity index (χ3v) is 8.04. The first-order chi connectivity index (χ1) is 11.3. The van der Waals surface area contributed by atoms with Crippen LogP contribution < -0.4 is 10.1 Å². The van der Waals surface area contributed by atoms with E-state index >= 15 is 0 Å². The average Bonchev–Trinajstić information content (AvgIpc) is 2.84. The van der Waals surface area contributed by atoms with Gasteiger partial charge in [-0.3, -0.25) is 0 Å². The van der Waals surface area contributed by atoms with Gasteiger partial charge in [-0.15, -0.1) is 0 Å². The Balaban J connectivity index is 2.24. The van der Waals surface area contributed by atoms with E-state index in [0.29, 0.717) is 25.5 Å². The van der Waals surface area contributed by atoms with Crippen LogP contribution in [0.25, 0.3) is 0 Å². The molecule has 1 aliphatic rings. The zero-order valence-corrected chi connectivity index (χ0v) is 15.4. The minimum Gasteiger partial charge on any atom is -0.494 e. The first kappa shape index (κ1) is 19.2. The van der Waals surface area contributed by atoms with Crippen molar-refractivity contribution in [2.24, 2.45) is 0 Å². The molecule has 0 radical (unpaired) electrons. The Hall–Kier alpha value is -1.16. The van der Waals surface area contributed by atoms with E-state index in [9.17, 15) is 16.8 Å². The third-order valence-electron chi connectivity index (χ3n) is 3.88. The Bertz CT molecular complexity index is 743. The molecule has 9 heteroatoms. The van der Waals surface area contributed by atoms with Crippen LogP contribution in [0.4, 0.5) is 0 Å². The lowest BCUT2D eigenvalue weighted by Gasteiger charge is -2.20. The minimum absolute atomic E-state index is 0.103. The summed E-state index contributed by atoms with van der Waals surface area (Å²) in [5.74, 6) is 0.0236. The summed E-state index contributed by atoms with van der Waals surface area (Å²) in [6.45, 7) is 3.10. The largest absolute Gasteiger partial charge is 0.494 e. The number of hydrogen-bond donors (Lipinski definition) is 1. The second-order valence-corrected chi connectivity index (χ2v) is 9.94. The topological polar surface area (TPSA) is 98.8 Å². The van der Waals surface area contributed by atoms with Crippen molar-refractivity contribution >= 4 is 19.7 Å². The molecule has 2 rings (SSSR count). The fraction of sp³-hybridized carbons (Fsp3) is 0.600. The van der Waals surface area contributed by atoms with Crippen molar-refractivity contribution in [3.8, 4) is 5.75 Å². The van der Waals surface area contributed by atoms with Gasteiger partial charge in [0.15, 0.2) is 19.7 Å². The Kier molecular flexibility index (Phi) is 6.24. The number of sulfone groups is 2. The highest BCUT2D eigenvalue weighted by molar-refractivity contribution is 7.96. The molecule has 1 heterocycles. The Morgan fingerprint density at radius 1 is 1.21 bits per heavy atom. The molecule has 0 aliphatic carbocycles. The van der Waals surface area contributed by atoms with E-state index in [2.05, 4.69) is 5.32 Å². The molecule has 136 valence electrons. The maximum atomic E-state index is 12.9. The normalized spacial score (nSPS) is 23.2. The average molecular weight is 377 g/mol. The molecule has 1 aliphatic heterocycles. The maximum Gasteiger partial charge on any atom is 0.183 e.